The topological polar surface area (TPSA) is 25.8 Å². The monoisotopic (exact) mass is 236 g/mol. The summed E-state index contributed by atoms with van der Waals surface area (Å²) in [5, 5.41) is 3.27. The van der Waals surface area contributed by atoms with Gasteiger partial charge in [-0.3, -0.25) is 4.98 Å². The third kappa shape index (κ3) is 2.79. The van der Waals surface area contributed by atoms with Gasteiger partial charge in [-0.2, -0.15) is 12.6 Å². The molecule has 15 heavy (non-hydrogen) atoms. The van der Waals surface area contributed by atoms with Crippen molar-refractivity contribution in [2.75, 3.05) is 5.75 Å². The van der Waals surface area contributed by atoms with Crippen molar-refractivity contribution in [1.29, 1.82) is 0 Å². The molecule has 2 aromatic rings. The first-order chi connectivity index (χ1) is 7.40. The predicted octanol–water partition coefficient (Wildman–Crippen LogP) is 3.07. The number of thiazole rings is 1. The van der Waals surface area contributed by atoms with Crippen molar-refractivity contribution in [1.82, 2.24) is 9.97 Å². The molecule has 0 N–H and O–H groups in total. The summed E-state index contributed by atoms with van der Waals surface area (Å²) in [7, 11) is 0. The van der Waals surface area contributed by atoms with Crippen LogP contribution in [0, 0.1) is 0 Å². The molecule has 0 radical (unpaired) electrons. The second-order valence-corrected chi connectivity index (χ2v) is 4.59. The van der Waals surface area contributed by atoms with Crippen LogP contribution >= 0.6 is 24.0 Å². The molecule has 0 saturated carbocycles. The molecule has 2 heterocycles. The van der Waals surface area contributed by atoms with Crippen LogP contribution in [0.1, 0.15) is 11.4 Å². The maximum absolute atomic E-state index is 4.56. The van der Waals surface area contributed by atoms with Gasteiger partial charge in [0.1, 0.15) is 0 Å². The summed E-state index contributed by atoms with van der Waals surface area (Å²) >= 11 is 5.91. The van der Waals surface area contributed by atoms with Crippen LogP contribution in [0.3, 0.4) is 0 Å². The van der Waals surface area contributed by atoms with E-state index in [1.165, 1.54) is 5.01 Å². The Hall–Kier alpha value is -0.870. The van der Waals surface area contributed by atoms with Crippen molar-refractivity contribution < 1.29 is 0 Å². The van der Waals surface area contributed by atoms with Crippen molar-refractivity contribution in [3.05, 3.63) is 34.9 Å². The van der Waals surface area contributed by atoms with Gasteiger partial charge in [-0.05, 0) is 24.3 Å². The largest absolute Gasteiger partial charge is 0.264 e. The van der Waals surface area contributed by atoms with Gasteiger partial charge in [0, 0.05) is 29.8 Å². The SMILES string of the molecule is SCCCc1nc(-c2cccnc2)cs1. The molecule has 0 bridgehead atoms. The van der Waals surface area contributed by atoms with Crippen LogP contribution in [0.2, 0.25) is 0 Å². The molecule has 78 valence electrons. The standard InChI is InChI=1S/C11H12N2S2/c14-6-2-4-11-13-10(8-15-11)9-3-1-5-12-7-9/h1,3,5,7-8,14H,2,4,6H2. The fourth-order valence-electron chi connectivity index (χ4n) is 1.30. The zero-order valence-electron chi connectivity index (χ0n) is 8.26. The smallest absolute Gasteiger partial charge is 0.0932 e. The zero-order valence-corrected chi connectivity index (χ0v) is 9.97. The van der Waals surface area contributed by atoms with Crippen LogP contribution < -0.4 is 0 Å². The lowest BCUT2D eigenvalue weighted by molar-refractivity contribution is 0.923. The number of aryl methyl sites for hydroxylation is 1. The number of thiol groups is 1. The summed E-state index contributed by atoms with van der Waals surface area (Å²) in [6.07, 6.45) is 5.73. The van der Waals surface area contributed by atoms with Gasteiger partial charge in [-0.1, -0.05) is 0 Å². The fourth-order valence-corrected chi connectivity index (χ4v) is 2.31. The summed E-state index contributed by atoms with van der Waals surface area (Å²) in [6.45, 7) is 0. The molecule has 0 saturated heterocycles. The Labute approximate surface area is 98.8 Å². The van der Waals surface area contributed by atoms with Crippen LogP contribution in [-0.2, 0) is 6.42 Å². The minimum Gasteiger partial charge on any atom is -0.264 e. The number of pyridine rings is 1. The highest BCUT2D eigenvalue weighted by Crippen LogP contribution is 2.21. The highest BCUT2D eigenvalue weighted by Gasteiger charge is 2.03. The summed E-state index contributed by atoms with van der Waals surface area (Å²) < 4.78 is 0. The lowest BCUT2D eigenvalue weighted by Gasteiger charge is -1.94. The van der Waals surface area contributed by atoms with E-state index < -0.39 is 0 Å². The van der Waals surface area contributed by atoms with E-state index in [2.05, 4.69) is 28.0 Å². The molecule has 0 amide bonds. The quantitative estimate of drug-likeness (QED) is 0.826. The van der Waals surface area contributed by atoms with Gasteiger partial charge in [0.2, 0.25) is 0 Å². The zero-order chi connectivity index (χ0) is 10.5. The van der Waals surface area contributed by atoms with E-state index in [1.807, 2.05) is 18.3 Å². The third-order valence-corrected chi connectivity index (χ3v) is 3.28. The van der Waals surface area contributed by atoms with Gasteiger partial charge < -0.3 is 0 Å². The average molecular weight is 236 g/mol. The van der Waals surface area contributed by atoms with Gasteiger partial charge in [0.05, 0.1) is 10.7 Å². The van der Waals surface area contributed by atoms with E-state index in [0.717, 1.165) is 29.9 Å². The minimum absolute atomic E-state index is 0.918. The molecule has 4 heteroatoms. The van der Waals surface area contributed by atoms with Crippen LogP contribution in [0.15, 0.2) is 29.9 Å². The minimum atomic E-state index is 0.918. The average Bonchev–Trinajstić information content (AvgIpc) is 2.76. The van der Waals surface area contributed by atoms with Gasteiger partial charge in [0.25, 0.3) is 0 Å². The molecule has 0 aliphatic heterocycles. The van der Waals surface area contributed by atoms with Gasteiger partial charge in [-0.25, -0.2) is 4.98 Å². The molecule has 0 aliphatic rings. The molecule has 0 atom stereocenters. The van der Waals surface area contributed by atoms with Gasteiger partial charge in [-0.15, -0.1) is 11.3 Å². The number of nitrogens with zero attached hydrogens (tertiary/aromatic N) is 2. The molecule has 0 unspecified atom stereocenters. The van der Waals surface area contributed by atoms with Crippen molar-refractivity contribution in [2.45, 2.75) is 12.8 Å². The van der Waals surface area contributed by atoms with Crippen LogP contribution in [0.4, 0.5) is 0 Å². The van der Waals surface area contributed by atoms with Crippen LogP contribution in [-0.4, -0.2) is 15.7 Å². The van der Waals surface area contributed by atoms with E-state index >= 15 is 0 Å². The van der Waals surface area contributed by atoms with Gasteiger partial charge in [0.15, 0.2) is 0 Å². The molecule has 0 aromatic carbocycles. The molecular formula is C11H12N2S2. The Balaban J connectivity index is 2.14. The Kier molecular flexibility index (Phi) is 3.75. The first-order valence-electron chi connectivity index (χ1n) is 4.86. The third-order valence-electron chi connectivity index (χ3n) is 2.06. The number of aromatic nitrogens is 2. The van der Waals surface area contributed by atoms with Crippen LogP contribution in [0.25, 0.3) is 11.3 Å². The first kappa shape index (κ1) is 10.6. The van der Waals surface area contributed by atoms with E-state index in [-0.39, 0.29) is 0 Å². The maximum Gasteiger partial charge on any atom is 0.0932 e. The number of hydrogen-bond acceptors (Lipinski definition) is 4. The van der Waals surface area contributed by atoms with E-state index in [4.69, 9.17) is 0 Å². The Morgan fingerprint density at radius 3 is 3.07 bits per heavy atom. The summed E-state index contributed by atoms with van der Waals surface area (Å²) in [5.41, 5.74) is 2.12. The van der Waals surface area contributed by atoms with E-state index in [9.17, 15) is 0 Å². The summed E-state index contributed by atoms with van der Waals surface area (Å²) in [5.74, 6) is 0.918. The molecule has 0 fully saturated rings. The predicted molar refractivity (Wildman–Crippen MR) is 67.5 cm³/mol. The number of rotatable bonds is 4. The van der Waals surface area contributed by atoms with Crippen LogP contribution in [0.5, 0.6) is 0 Å². The maximum atomic E-state index is 4.56. The van der Waals surface area contributed by atoms with E-state index in [1.54, 1.807) is 17.5 Å². The van der Waals surface area contributed by atoms with Crippen molar-refractivity contribution in [3.63, 3.8) is 0 Å². The van der Waals surface area contributed by atoms with Crippen molar-refractivity contribution >= 4 is 24.0 Å². The molecule has 0 aliphatic carbocycles. The second-order valence-electron chi connectivity index (χ2n) is 3.20. The second kappa shape index (κ2) is 5.28. The highest BCUT2D eigenvalue weighted by atomic mass is 32.1. The Bertz CT molecular complexity index is 412. The fraction of sp³-hybridized carbons (Fsp3) is 0.273. The van der Waals surface area contributed by atoms with Crippen molar-refractivity contribution in [3.8, 4) is 11.3 Å². The highest BCUT2D eigenvalue weighted by molar-refractivity contribution is 7.80. The summed E-state index contributed by atoms with van der Waals surface area (Å²) in [6, 6.07) is 3.96. The lowest BCUT2D eigenvalue weighted by atomic mass is 10.2. The van der Waals surface area contributed by atoms with Crippen molar-refractivity contribution in [2.24, 2.45) is 0 Å². The molecule has 2 nitrogen and oxygen atoms in total. The normalized spacial score (nSPS) is 10.5. The molecule has 2 rings (SSSR count). The first-order valence-corrected chi connectivity index (χ1v) is 6.37. The summed E-state index contributed by atoms with van der Waals surface area (Å²) in [4.78, 5) is 8.65. The molecular weight excluding hydrogens is 224 g/mol. The van der Waals surface area contributed by atoms with Gasteiger partial charge >= 0.3 is 0 Å². The Morgan fingerprint density at radius 1 is 1.40 bits per heavy atom. The lowest BCUT2D eigenvalue weighted by Crippen LogP contribution is -1.85. The number of hydrogen-bond donors (Lipinski definition) is 1. The van der Waals surface area contributed by atoms with E-state index in [0.29, 0.717) is 0 Å². The Morgan fingerprint density at radius 2 is 2.33 bits per heavy atom. The molecule has 0 spiro atoms. The molecule has 2 aromatic heterocycles.